The summed E-state index contributed by atoms with van der Waals surface area (Å²) in [6, 6.07) is 0.454. The Morgan fingerprint density at radius 1 is 1.27 bits per heavy atom. The number of nitrogens with zero attached hydrogens (tertiary/aromatic N) is 2. The number of aliphatic hydroxyl groups excluding tert-OH is 1. The van der Waals surface area contributed by atoms with Gasteiger partial charge in [0.15, 0.2) is 0 Å². The summed E-state index contributed by atoms with van der Waals surface area (Å²) in [7, 11) is 0. The summed E-state index contributed by atoms with van der Waals surface area (Å²) in [5, 5.41) is 9.10. The molecule has 1 amide bonds. The van der Waals surface area contributed by atoms with Crippen molar-refractivity contribution in [1.29, 1.82) is 0 Å². The molecule has 5 heteroatoms. The Bertz CT molecular complexity index is 375. The fourth-order valence-electron chi connectivity index (χ4n) is 3.48. The zero-order chi connectivity index (χ0) is 16.3. The van der Waals surface area contributed by atoms with Crippen molar-refractivity contribution in [1.82, 2.24) is 9.80 Å². The van der Waals surface area contributed by atoms with E-state index in [0.717, 1.165) is 32.6 Å². The van der Waals surface area contributed by atoms with Crippen LogP contribution in [0.25, 0.3) is 0 Å². The van der Waals surface area contributed by atoms with Gasteiger partial charge in [-0.25, -0.2) is 4.79 Å². The van der Waals surface area contributed by atoms with Crippen molar-refractivity contribution in [3.05, 3.63) is 0 Å². The van der Waals surface area contributed by atoms with Gasteiger partial charge >= 0.3 is 6.09 Å². The fourth-order valence-corrected chi connectivity index (χ4v) is 3.48. The lowest BCUT2D eigenvalue weighted by Gasteiger charge is -2.47. The average molecular weight is 312 g/mol. The van der Waals surface area contributed by atoms with Gasteiger partial charge in [-0.15, -0.1) is 0 Å². The topological polar surface area (TPSA) is 53.0 Å². The van der Waals surface area contributed by atoms with Gasteiger partial charge in [0.05, 0.1) is 0 Å². The summed E-state index contributed by atoms with van der Waals surface area (Å²) >= 11 is 0. The smallest absolute Gasteiger partial charge is 0.410 e. The van der Waals surface area contributed by atoms with Crippen LogP contribution in [0.5, 0.6) is 0 Å². The standard InChI is InChI=1S/C17H32N2O3/c1-13(7-9-20)18-8-5-6-14(10-18)15-11-19(12-15)16(21)22-17(2,3)4/h13-15,20H,5-12H2,1-4H3. The molecule has 22 heavy (non-hydrogen) atoms. The highest BCUT2D eigenvalue weighted by Crippen LogP contribution is 2.32. The summed E-state index contributed by atoms with van der Waals surface area (Å²) in [6.45, 7) is 12.1. The Morgan fingerprint density at radius 2 is 1.95 bits per heavy atom. The summed E-state index contributed by atoms with van der Waals surface area (Å²) < 4.78 is 5.42. The normalized spacial score (nSPS) is 25.7. The number of rotatable bonds is 4. The number of carbonyl (C=O) groups is 1. The van der Waals surface area contributed by atoms with Crippen LogP contribution in [-0.4, -0.2) is 65.4 Å². The summed E-state index contributed by atoms with van der Waals surface area (Å²) in [5.41, 5.74) is -0.413. The van der Waals surface area contributed by atoms with E-state index in [1.54, 1.807) is 0 Å². The quantitative estimate of drug-likeness (QED) is 0.866. The average Bonchev–Trinajstić information content (AvgIpc) is 2.35. The molecule has 2 saturated heterocycles. The first-order valence-electron chi connectivity index (χ1n) is 8.63. The van der Waals surface area contributed by atoms with E-state index in [1.165, 1.54) is 12.8 Å². The second-order valence-electron chi connectivity index (χ2n) is 7.90. The molecule has 2 aliphatic heterocycles. The third kappa shape index (κ3) is 4.59. The predicted octanol–water partition coefficient (Wildman–Crippen LogP) is 2.34. The molecule has 2 aliphatic rings. The Kier molecular flexibility index (Phi) is 5.72. The number of piperidine rings is 1. The molecular formula is C17H32N2O3. The number of aliphatic hydroxyl groups is 1. The Balaban J connectivity index is 1.77. The van der Waals surface area contributed by atoms with Crippen LogP contribution in [0, 0.1) is 11.8 Å². The lowest BCUT2D eigenvalue weighted by Crippen LogP contribution is -2.56. The molecule has 2 rings (SSSR count). The van der Waals surface area contributed by atoms with Crippen LogP contribution in [0.15, 0.2) is 0 Å². The molecule has 0 aromatic heterocycles. The van der Waals surface area contributed by atoms with Crippen LogP contribution < -0.4 is 0 Å². The Hall–Kier alpha value is -0.810. The van der Waals surface area contributed by atoms with E-state index < -0.39 is 5.60 Å². The third-order valence-electron chi connectivity index (χ3n) is 4.89. The van der Waals surface area contributed by atoms with E-state index in [9.17, 15) is 4.79 Å². The van der Waals surface area contributed by atoms with Gasteiger partial charge < -0.3 is 19.6 Å². The van der Waals surface area contributed by atoms with Crippen LogP contribution in [-0.2, 0) is 4.74 Å². The SMILES string of the molecule is CC(CCO)N1CCCC(C2CN(C(=O)OC(C)(C)C)C2)C1. The summed E-state index contributed by atoms with van der Waals surface area (Å²) in [6.07, 6.45) is 3.16. The van der Waals surface area contributed by atoms with Gasteiger partial charge in [-0.2, -0.15) is 0 Å². The molecule has 2 atom stereocenters. The van der Waals surface area contributed by atoms with Gasteiger partial charge in [0.1, 0.15) is 5.60 Å². The van der Waals surface area contributed by atoms with E-state index in [2.05, 4.69) is 11.8 Å². The lowest BCUT2D eigenvalue weighted by atomic mass is 9.80. The Morgan fingerprint density at radius 3 is 2.55 bits per heavy atom. The first-order chi connectivity index (χ1) is 10.3. The molecule has 128 valence electrons. The van der Waals surface area contributed by atoms with E-state index in [1.807, 2.05) is 25.7 Å². The maximum Gasteiger partial charge on any atom is 0.410 e. The van der Waals surface area contributed by atoms with Crippen molar-refractivity contribution in [2.45, 2.75) is 58.6 Å². The number of likely N-dealkylation sites (tertiary alicyclic amines) is 2. The maximum absolute atomic E-state index is 12.0. The highest BCUT2D eigenvalue weighted by atomic mass is 16.6. The van der Waals surface area contributed by atoms with Gasteiger partial charge in [-0.3, -0.25) is 0 Å². The molecule has 0 aromatic rings. The van der Waals surface area contributed by atoms with Crippen LogP contribution in [0.2, 0.25) is 0 Å². The van der Waals surface area contributed by atoms with Crippen LogP contribution in [0.1, 0.15) is 47.0 Å². The van der Waals surface area contributed by atoms with Gasteiger partial charge in [-0.1, -0.05) is 0 Å². The monoisotopic (exact) mass is 312 g/mol. The predicted molar refractivity (Wildman–Crippen MR) is 86.8 cm³/mol. The first-order valence-corrected chi connectivity index (χ1v) is 8.63. The number of hydrogen-bond acceptors (Lipinski definition) is 4. The van der Waals surface area contributed by atoms with Crippen molar-refractivity contribution >= 4 is 6.09 Å². The third-order valence-corrected chi connectivity index (χ3v) is 4.89. The molecule has 0 aromatic carbocycles. The van der Waals surface area contributed by atoms with E-state index in [4.69, 9.17) is 9.84 Å². The van der Waals surface area contributed by atoms with Crippen molar-refractivity contribution in [3.8, 4) is 0 Å². The first kappa shape index (κ1) is 17.5. The zero-order valence-corrected chi connectivity index (χ0v) is 14.5. The van der Waals surface area contributed by atoms with E-state index in [-0.39, 0.29) is 12.7 Å². The largest absolute Gasteiger partial charge is 0.444 e. The molecular weight excluding hydrogens is 280 g/mol. The summed E-state index contributed by atoms with van der Waals surface area (Å²) in [4.78, 5) is 16.3. The molecule has 2 unspecified atom stereocenters. The molecule has 0 bridgehead atoms. The van der Waals surface area contributed by atoms with Gasteiger partial charge in [0, 0.05) is 32.3 Å². The number of carbonyl (C=O) groups excluding carboxylic acids is 1. The molecule has 0 radical (unpaired) electrons. The minimum atomic E-state index is -0.413. The van der Waals surface area contributed by atoms with Crippen LogP contribution >= 0.6 is 0 Å². The number of amides is 1. The second kappa shape index (κ2) is 7.18. The van der Waals surface area contributed by atoms with Crippen molar-refractivity contribution < 1.29 is 14.6 Å². The number of ether oxygens (including phenoxy) is 1. The van der Waals surface area contributed by atoms with Crippen molar-refractivity contribution in [2.24, 2.45) is 11.8 Å². The molecule has 1 N–H and O–H groups in total. The van der Waals surface area contributed by atoms with Crippen LogP contribution in [0.4, 0.5) is 4.79 Å². The fraction of sp³-hybridized carbons (Fsp3) is 0.941. The number of hydrogen-bond donors (Lipinski definition) is 1. The zero-order valence-electron chi connectivity index (χ0n) is 14.5. The highest BCUT2D eigenvalue weighted by molar-refractivity contribution is 5.69. The van der Waals surface area contributed by atoms with Gasteiger partial charge in [0.2, 0.25) is 0 Å². The van der Waals surface area contributed by atoms with Crippen molar-refractivity contribution in [2.75, 3.05) is 32.8 Å². The highest BCUT2D eigenvalue weighted by Gasteiger charge is 2.39. The van der Waals surface area contributed by atoms with Crippen molar-refractivity contribution in [3.63, 3.8) is 0 Å². The lowest BCUT2D eigenvalue weighted by molar-refractivity contribution is -0.0228. The molecule has 0 saturated carbocycles. The second-order valence-corrected chi connectivity index (χ2v) is 7.90. The maximum atomic E-state index is 12.0. The minimum Gasteiger partial charge on any atom is -0.444 e. The minimum absolute atomic E-state index is 0.176. The molecule has 0 aliphatic carbocycles. The van der Waals surface area contributed by atoms with E-state index >= 15 is 0 Å². The molecule has 5 nitrogen and oxygen atoms in total. The molecule has 2 heterocycles. The van der Waals surface area contributed by atoms with Gasteiger partial charge in [0.25, 0.3) is 0 Å². The Labute approximate surface area is 134 Å². The van der Waals surface area contributed by atoms with Gasteiger partial charge in [-0.05, 0) is 65.3 Å². The summed E-state index contributed by atoms with van der Waals surface area (Å²) in [5.74, 6) is 1.28. The van der Waals surface area contributed by atoms with E-state index in [0.29, 0.717) is 17.9 Å². The van der Waals surface area contributed by atoms with Crippen LogP contribution in [0.3, 0.4) is 0 Å². The molecule has 0 spiro atoms. The molecule has 2 fully saturated rings.